The predicted octanol–water partition coefficient (Wildman–Crippen LogP) is 3.71. The van der Waals surface area contributed by atoms with E-state index in [1.165, 1.54) is 27.7 Å². The van der Waals surface area contributed by atoms with Crippen molar-refractivity contribution < 1.29 is 55.5 Å². The fourth-order valence-electron chi connectivity index (χ4n) is 2.87. The van der Waals surface area contributed by atoms with Crippen LogP contribution in [0.3, 0.4) is 0 Å². The number of esters is 4. The summed E-state index contributed by atoms with van der Waals surface area (Å²) in [5.41, 5.74) is 0. The zero-order valence-corrected chi connectivity index (χ0v) is 24.7. The fourth-order valence-corrected chi connectivity index (χ4v) is 2.87. The van der Waals surface area contributed by atoms with Crippen LogP contribution in [0.4, 0.5) is 0 Å². The van der Waals surface area contributed by atoms with Gasteiger partial charge in [-0.05, 0) is 0 Å². The van der Waals surface area contributed by atoms with Gasteiger partial charge in [-0.25, -0.2) is 0 Å². The van der Waals surface area contributed by atoms with Gasteiger partial charge in [0.2, 0.25) is 0 Å². The second kappa shape index (κ2) is 23.6. The summed E-state index contributed by atoms with van der Waals surface area (Å²) in [6.45, 7) is 7.15. The average Bonchev–Trinajstić information content (AvgIpc) is 2.84. The minimum absolute atomic E-state index is 0. The van der Waals surface area contributed by atoms with E-state index >= 15 is 0 Å². The molecule has 0 aromatic rings. The molecule has 229 valence electrons. The third kappa shape index (κ3) is 22.7. The summed E-state index contributed by atoms with van der Waals surface area (Å²) in [4.78, 5) is 45.2. The maximum Gasteiger partial charge on any atom is 0 e. The van der Waals surface area contributed by atoms with Crippen molar-refractivity contribution in [2.24, 2.45) is 0 Å². The van der Waals surface area contributed by atoms with Crippen molar-refractivity contribution in [3.8, 4) is 0 Å². The van der Waals surface area contributed by atoms with E-state index in [4.69, 9.17) is 39.1 Å². The van der Waals surface area contributed by atoms with Crippen molar-refractivity contribution in [1.82, 2.24) is 0 Å². The molecular weight excluding hydrogens is 588 g/mol. The molecule has 0 aliphatic carbocycles. The van der Waals surface area contributed by atoms with E-state index in [1.54, 1.807) is 0 Å². The van der Waals surface area contributed by atoms with Crippen molar-refractivity contribution in [3.05, 3.63) is 26.6 Å². The Morgan fingerprint density at radius 2 is 0.895 bits per heavy atom. The summed E-state index contributed by atoms with van der Waals surface area (Å²) >= 11 is 0.00694. The largest absolute Gasteiger partial charge is 0 e. The number of carbonyl (C=O) groups is 4. The number of nitrogens with zero attached hydrogens (tertiary/aromatic N) is 5. The van der Waals surface area contributed by atoms with E-state index in [0.717, 1.165) is 0 Å². The van der Waals surface area contributed by atoms with Gasteiger partial charge in [0.05, 0.1) is 26.4 Å². The number of rotatable bonds is 8. The minimum Gasteiger partial charge on any atom is 0 e. The molecule has 1 aliphatic rings. The molecule has 0 spiro atoms. The molecule has 38 heavy (non-hydrogen) atoms. The van der Waals surface area contributed by atoms with Crippen LogP contribution in [-0.4, -0.2) is 114 Å². The van der Waals surface area contributed by atoms with E-state index in [1.807, 2.05) is 0 Å². The molecule has 13 nitrogen and oxygen atoms in total. The van der Waals surface area contributed by atoms with E-state index in [-0.39, 0.29) is 63.5 Å². The molecule has 0 aromatic heterocycles. The number of ether oxygens (including phenoxy) is 4. The van der Waals surface area contributed by atoms with Gasteiger partial charge in [-0.15, -0.1) is 24.2 Å². The molecule has 0 unspecified atom stereocenters. The number of halogens is 2. The number of hydrogen-bond donors (Lipinski definition) is 0. The van der Waals surface area contributed by atoms with Crippen molar-refractivity contribution in [2.45, 2.75) is 51.9 Å². The molecule has 1 rings (SSSR count). The van der Waals surface area contributed by atoms with E-state index in [2.05, 4.69) is 26.6 Å². The maximum atomic E-state index is 11.3. The quantitative estimate of drug-likeness (QED) is 0.222. The molecule has 1 saturated heterocycles. The normalized spacial score (nSPS) is 23.3. The van der Waals surface area contributed by atoms with Crippen LogP contribution in [0.25, 0.3) is 26.6 Å². The van der Waals surface area contributed by atoms with Gasteiger partial charge >= 0.3 is 57.2 Å². The van der Waals surface area contributed by atoms with Gasteiger partial charge in [-0.3, -0.25) is 19.2 Å². The average molecular weight is 630 g/mol. The molecule has 0 aromatic carbocycles. The third-order valence-corrected chi connectivity index (χ3v) is 4.62. The SMILES string of the molecule is CC(=O)OC[C@H]1C[N-][C@H](COC(C)=O)C[N-][C@@H](COC(C)=O)C[N-][C@H](COC(C)=O)C[N-]CC[N-]1.[Cl][Mn][Cl].[HH].[HH].[HH]. The van der Waals surface area contributed by atoms with Crippen LogP contribution in [0.5, 0.6) is 0 Å². The molecule has 1 fully saturated rings. The smallest absolute Gasteiger partial charge is 0 e. The van der Waals surface area contributed by atoms with E-state index in [0.29, 0.717) is 19.6 Å². The van der Waals surface area contributed by atoms with Crippen LogP contribution in [-0.2, 0) is 51.3 Å². The number of carbonyl (C=O) groups excluding carboxylic acids is 4. The van der Waals surface area contributed by atoms with Gasteiger partial charge in [0, 0.05) is 32.0 Å². The van der Waals surface area contributed by atoms with Gasteiger partial charge in [0.15, 0.2) is 0 Å². The van der Waals surface area contributed by atoms with Gasteiger partial charge in [0.25, 0.3) is 0 Å². The summed E-state index contributed by atoms with van der Waals surface area (Å²) in [7, 11) is 9.59. The van der Waals surface area contributed by atoms with E-state index in [9.17, 15) is 19.2 Å². The molecule has 1 aliphatic heterocycles. The molecule has 0 amide bonds. The zero-order valence-electron chi connectivity index (χ0n) is 22.0. The molecule has 16 heteroatoms. The first kappa shape index (κ1) is 36.8. The second-order valence-corrected chi connectivity index (χ2v) is 9.96. The first-order valence-electron chi connectivity index (χ1n) is 11.8. The molecule has 1 heterocycles. The Bertz CT molecular complexity index is 660. The van der Waals surface area contributed by atoms with Crippen molar-refractivity contribution >= 4 is 44.1 Å². The molecule has 0 bridgehead atoms. The first-order valence-corrected chi connectivity index (χ1v) is 15.0. The molecule has 4 atom stereocenters. The molecule has 0 radical (unpaired) electrons. The predicted molar refractivity (Wildman–Crippen MR) is 146 cm³/mol. The third-order valence-electron chi connectivity index (χ3n) is 4.62. The molecular formula is C22H42Cl2MnN5O8-5. The van der Waals surface area contributed by atoms with Crippen molar-refractivity contribution in [3.63, 3.8) is 0 Å². The van der Waals surface area contributed by atoms with Crippen molar-refractivity contribution in [2.75, 3.05) is 65.7 Å². The number of hydrogen-bond acceptors (Lipinski definition) is 8. The van der Waals surface area contributed by atoms with Gasteiger partial charge < -0.3 is 45.5 Å². The van der Waals surface area contributed by atoms with Crippen LogP contribution in [0.15, 0.2) is 0 Å². The summed E-state index contributed by atoms with van der Waals surface area (Å²) in [6, 6.07) is -1.73. The Labute approximate surface area is 243 Å². The molecule has 0 N–H and O–H groups in total. The van der Waals surface area contributed by atoms with Crippen molar-refractivity contribution in [1.29, 1.82) is 0 Å². The first-order chi connectivity index (χ1) is 18.1. The van der Waals surface area contributed by atoms with Crippen LogP contribution in [0.1, 0.15) is 32.0 Å². The van der Waals surface area contributed by atoms with Crippen LogP contribution < -0.4 is 0 Å². The Morgan fingerprint density at radius 1 is 0.605 bits per heavy atom. The Hall–Kier alpha value is -1.22. The molecule has 0 saturated carbocycles. The Balaban J connectivity index is -0.00000109. The van der Waals surface area contributed by atoms with Gasteiger partial charge in [0.1, 0.15) is 0 Å². The maximum absolute atomic E-state index is 11.3. The van der Waals surface area contributed by atoms with Gasteiger partial charge in [-0.2, -0.15) is 39.3 Å². The topological polar surface area (TPSA) is 176 Å². The monoisotopic (exact) mass is 629 g/mol. The van der Waals surface area contributed by atoms with E-state index < -0.39 is 48.0 Å². The summed E-state index contributed by atoms with van der Waals surface area (Å²) in [6.07, 6.45) is 0. The summed E-state index contributed by atoms with van der Waals surface area (Å²) in [5.74, 6) is -1.73. The summed E-state index contributed by atoms with van der Waals surface area (Å²) < 4.78 is 20.5. The fraction of sp³-hybridized carbons (Fsp3) is 0.818. The van der Waals surface area contributed by atoms with Crippen LogP contribution in [0.2, 0.25) is 0 Å². The van der Waals surface area contributed by atoms with Gasteiger partial charge in [-0.1, -0.05) is 0 Å². The standard InChI is InChI=1S/C22H36N5O8.2ClH.Mn.3H2/c1-15(28)32-11-19-7-23-5-6-24-20(12-33-16(2)29)8-26-22(14-35-18(4)31)10-27-21(9-25-19)13-34-17(3)30;;;;;;/h19-22H,5-14H2,1-4H3;2*1H;;3*1H/q-5;;;+2;;;/p-2/t19-,20+,21+,22-;;;;;;/m0....../s1. The Kier molecular flexibility index (Phi) is 22.9. The van der Waals surface area contributed by atoms with Crippen LogP contribution in [0, 0.1) is 0 Å². The summed E-state index contributed by atoms with van der Waals surface area (Å²) in [5, 5.41) is 22.7. The Morgan fingerprint density at radius 3 is 1.21 bits per heavy atom. The second-order valence-electron chi connectivity index (χ2n) is 8.01. The minimum atomic E-state index is -0.472. The van der Waals surface area contributed by atoms with Crippen LogP contribution >= 0.6 is 20.2 Å². The zero-order chi connectivity index (χ0) is 28.8.